The van der Waals surface area contributed by atoms with Gasteiger partial charge in [-0.25, -0.2) is 4.79 Å². The molecule has 3 aliphatic rings. The number of hydrogen-bond acceptors (Lipinski definition) is 3. The second-order valence-corrected chi connectivity index (χ2v) is 5.52. The van der Waals surface area contributed by atoms with E-state index in [9.17, 15) is 4.79 Å². The molecule has 5 heteroatoms. The van der Waals surface area contributed by atoms with Crippen LogP contribution in [0.1, 0.15) is 19.3 Å². The molecule has 5 nitrogen and oxygen atoms in total. The predicted octanol–water partition coefficient (Wildman–Crippen LogP) is 0.939. The van der Waals surface area contributed by atoms with Crippen molar-refractivity contribution >= 4 is 6.03 Å². The molecule has 3 fully saturated rings. The van der Waals surface area contributed by atoms with Gasteiger partial charge in [-0.3, -0.25) is 0 Å². The molecule has 1 saturated carbocycles. The van der Waals surface area contributed by atoms with Gasteiger partial charge in [0.2, 0.25) is 0 Å². The molecule has 2 aliphatic heterocycles. The van der Waals surface area contributed by atoms with E-state index in [2.05, 4.69) is 0 Å². The molecule has 0 radical (unpaired) electrons. The highest BCUT2D eigenvalue weighted by Crippen LogP contribution is 2.30. The van der Waals surface area contributed by atoms with E-state index in [1.807, 2.05) is 9.80 Å². The van der Waals surface area contributed by atoms with Gasteiger partial charge in [0.1, 0.15) is 0 Å². The predicted molar refractivity (Wildman–Crippen MR) is 66.4 cm³/mol. The maximum absolute atomic E-state index is 12.2. The topological polar surface area (TPSA) is 42.0 Å². The van der Waals surface area contributed by atoms with Gasteiger partial charge in [-0.05, 0) is 25.2 Å². The van der Waals surface area contributed by atoms with Crippen molar-refractivity contribution in [2.24, 2.45) is 5.92 Å². The van der Waals surface area contributed by atoms with Crippen LogP contribution in [0.5, 0.6) is 0 Å². The summed E-state index contributed by atoms with van der Waals surface area (Å²) in [6, 6.07) is 0.163. The Morgan fingerprint density at radius 3 is 2.61 bits per heavy atom. The first kappa shape index (κ1) is 12.2. The first-order valence-corrected chi connectivity index (χ1v) is 7.06. The van der Waals surface area contributed by atoms with E-state index >= 15 is 0 Å². The molecule has 0 N–H and O–H groups in total. The summed E-state index contributed by atoms with van der Waals surface area (Å²) < 4.78 is 11.1. The number of carbonyl (C=O) groups is 1. The van der Waals surface area contributed by atoms with Crippen LogP contribution in [0.3, 0.4) is 0 Å². The van der Waals surface area contributed by atoms with Crippen LogP contribution in [-0.2, 0) is 9.47 Å². The van der Waals surface area contributed by atoms with Gasteiger partial charge < -0.3 is 19.3 Å². The summed E-state index contributed by atoms with van der Waals surface area (Å²) in [5.41, 5.74) is 0. The Balaban J connectivity index is 1.43. The second-order valence-electron chi connectivity index (χ2n) is 5.52. The monoisotopic (exact) mass is 254 g/mol. The van der Waals surface area contributed by atoms with Crippen molar-refractivity contribution in [1.29, 1.82) is 0 Å². The van der Waals surface area contributed by atoms with Crippen molar-refractivity contribution < 1.29 is 14.3 Å². The highest BCUT2D eigenvalue weighted by atomic mass is 16.5. The van der Waals surface area contributed by atoms with Crippen LogP contribution >= 0.6 is 0 Å². The minimum absolute atomic E-state index is 0.163. The Morgan fingerprint density at radius 2 is 1.89 bits per heavy atom. The number of carbonyl (C=O) groups excluding carboxylic acids is 1. The minimum Gasteiger partial charge on any atom is -0.378 e. The molecule has 18 heavy (non-hydrogen) atoms. The third-order valence-electron chi connectivity index (χ3n) is 3.96. The number of rotatable bonds is 3. The zero-order valence-electron chi connectivity index (χ0n) is 10.8. The maximum atomic E-state index is 12.2. The van der Waals surface area contributed by atoms with Crippen molar-refractivity contribution in [3.05, 3.63) is 0 Å². The van der Waals surface area contributed by atoms with Crippen LogP contribution < -0.4 is 0 Å². The summed E-state index contributed by atoms with van der Waals surface area (Å²) in [6.07, 6.45) is 3.89. The van der Waals surface area contributed by atoms with E-state index in [1.54, 1.807) is 0 Å². The van der Waals surface area contributed by atoms with Crippen LogP contribution in [0.25, 0.3) is 0 Å². The molecule has 0 aromatic heterocycles. The molecule has 1 aliphatic carbocycles. The zero-order valence-corrected chi connectivity index (χ0v) is 10.8. The number of likely N-dealkylation sites (tertiary alicyclic amines) is 1. The van der Waals surface area contributed by atoms with Crippen molar-refractivity contribution in [3.63, 3.8) is 0 Å². The van der Waals surface area contributed by atoms with E-state index in [1.165, 1.54) is 12.8 Å². The minimum atomic E-state index is 0.163. The summed E-state index contributed by atoms with van der Waals surface area (Å²) in [6.45, 7) is 5.28. The van der Waals surface area contributed by atoms with Gasteiger partial charge >= 0.3 is 6.03 Å². The van der Waals surface area contributed by atoms with Crippen LogP contribution in [0, 0.1) is 5.92 Å². The smallest absolute Gasteiger partial charge is 0.320 e. The molecular formula is C13H22N2O3. The zero-order chi connectivity index (χ0) is 12.4. The van der Waals surface area contributed by atoms with Crippen LogP contribution in [0.4, 0.5) is 4.79 Å². The van der Waals surface area contributed by atoms with E-state index < -0.39 is 0 Å². The SMILES string of the molecule is O=C(N1CCOCC1)N1CCC(OCC2CC2)C1. The normalized spacial score (nSPS) is 28.8. The summed E-state index contributed by atoms with van der Waals surface area (Å²) >= 11 is 0. The largest absolute Gasteiger partial charge is 0.378 e. The number of urea groups is 1. The summed E-state index contributed by atoms with van der Waals surface area (Å²) in [4.78, 5) is 16.1. The van der Waals surface area contributed by atoms with Gasteiger partial charge in [-0.15, -0.1) is 0 Å². The van der Waals surface area contributed by atoms with Crippen LogP contribution in [-0.4, -0.2) is 67.9 Å². The molecule has 2 heterocycles. The molecule has 1 atom stereocenters. The highest BCUT2D eigenvalue weighted by Gasteiger charge is 2.31. The first-order valence-electron chi connectivity index (χ1n) is 7.06. The van der Waals surface area contributed by atoms with Crippen molar-refractivity contribution in [3.8, 4) is 0 Å². The lowest BCUT2D eigenvalue weighted by molar-refractivity contribution is 0.0373. The highest BCUT2D eigenvalue weighted by molar-refractivity contribution is 5.74. The van der Waals surface area contributed by atoms with Gasteiger partial charge in [0, 0.05) is 32.8 Å². The molecular weight excluding hydrogens is 232 g/mol. The molecule has 1 unspecified atom stereocenters. The van der Waals surface area contributed by atoms with Gasteiger partial charge in [-0.2, -0.15) is 0 Å². The summed E-state index contributed by atoms with van der Waals surface area (Å²) in [5.74, 6) is 0.800. The average molecular weight is 254 g/mol. The summed E-state index contributed by atoms with van der Waals surface area (Å²) in [5, 5.41) is 0. The lowest BCUT2D eigenvalue weighted by atomic mass is 10.3. The molecule has 0 aromatic carbocycles. The third kappa shape index (κ3) is 2.95. The van der Waals surface area contributed by atoms with Crippen LogP contribution in [0.2, 0.25) is 0 Å². The number of morpholine rings is 1. The fourth-order valence-electron chi connectivity index (χ4n) is 2.55. The number of ether oxygens (including phenoxy) is 2. The molecule has 0 aromatic rings. The Labute approximate surface area is 108 Å². The van der Waals surface area contributed by atoms with Crippen LogP contribution in [0.15, 0.2) is 0 Å². The number of nitrogens with zero attached hydrogens (tertiary/aromatic N) is 2. The van der Waals surface area contributed by atoms with Gasteiger partial charge in [0.25, 0.3) is 0 Å². The average Bonchev–Trinajstić information content (AvgIpc) is 3.14. The molecule has 2 amide bonds. The standard InChI is InChI=1S/C13H22N2O3/c16-13(14-5-7-17-8-6-14)15-4-3-12(9-15)18-10-11-1-2-11/h11-12H,1-10H2. The maximum Gasteiger partial charge on any atom is 0.320 e. The Bertz CT molecular complexity index is 301. The Morgan fingerprint density at radius 1 is 1.11 bits per heavy atom. The molecule has 0 bridgehead atoms. The number of hydrogen-bond donors (Lipinski definition) is 0. The van der Waals surface area contributed by atoms with E-state index in [0.717, 1.165) is 45.1 Å². The summed E-state index contributed by atoms with van der Waals surface area (Å²) in [7, 11) is 0. The Kier molecular flexibility index (Phi) is 3.70. The lowest BCUT2D eigenvalue weighted by Gasteiger charge is -2.30. The van der Waals surface area contributed by atoms with Crippen molar-refractivity contribution in [2.75, 3.05) is 46.0 Å². The fourth-order valence-corrected chi connectivity index (χ4v) is 2.55. The second kappa shape index (κ2) is 5.45. The van der Waals surface area contributed by atoms with Gasteiger partial charge in [-0.1, -0.05) is 0 Å². The third-order valence-corrected chi connectivity index (χ3v) is 3.96. The molecule has 0 spiro atoms. The van der Waals surface area contributed by atoms with Gasteiger partial charge in [0.15, 0.2) is 0 Å². The molecule has 3 rings (SSSR count). The number of amides is 2. The van der Waals surface area contributed by atoms with Crippen molar-refractivity contribution in [2.45, 2.75) is 25.4 Å². The molecule has 102 valence electrons. The van der Waals surface area contributed by atoms with Gasteiger partial charge in [0.05, 0.1) is 19.3 Å². The van der Waals surface area contributed by atoms with Crippen molar-refractivity contribution in [1.82, 2.24) is 9.80 Å². The Hall–Kier alpha value is -0.810. The fraction of sp³-hybridized carbons (Fsp3) is 0.923. The molecule has 2 saturated heterocycles. The first-order chi connectivity index (χ1) is 8.83. The van der Waals surface area contributed by atoms with E-state index in [-0.39, 0.29) is 12.1 Å². The van der Waals surface area contributed by atoms with E-state index in [4.69, 9.17) is 9.47 Å². The van der Waals surface area contributed by atoms with E-state index in [0.29, 0.717) is 13.2 Å². The lowest BCUT2D eigenvalue weighted by Crippen LogP contribution is -2.47. The quantitative estimate of drug-likeness (QED) is 0.752.